The van der Waals surface area contributed by atoms with E-state index in [2.05, 4.69) is 4.98 Å². The lowest BCUT2D eigenvalue weighted by molar-refractivity contribution is -0.917. The molecule has 1 aliphatic heterocycles. The maximum Gasteiger partial charge on any atom is 0.338 e. The van der Waals surface area contributed by atoms with E-state index in [-0.39, 0.29) is 12.7 Å². The van der Waals surface area contributed by atoms with Gasteiger partial charge in [0.05, 0.1) is 17.3 Å². The van der Waals surface area contributed by atoms with E-state index < -0.39 is 17.8 Å². The minimum absolute atomic E-state index is 0.00555. The van der Waals surface area contributed by atoms with Gasteiger partial charge in [-0.2, -0.15) is 0 Å². The van der Waals surface area contributed by atoms with Crippen molar-refractivity contribution >= 4 is 39.4 Å². The molecule has 0 saturated carbocycles. The van der Waals surface area contributed by atoms with Crippen LogP contribution in [0, 0.1) is 0 Å². The quantitative estimate of drug-likeness (QED) is 0.643. The van der Waals surface area contributed by atoms with Crippen molar-refractivity contribution in [1.29, 1.82) is 0 Å². The Morgan fingerprint density at radius 2 is 1.91 bits per heavy atom. The van der Waals surface area contributed by atoms with Gasteiger partial charge in [0.15, 0.2) is 11.7 Å². The summed E-state index contributed by atoms with van der Waals surface area (Å²) in [5, 5.41) is 0.933. The monoisotopic (exact) mass is 333 g/mol. The number of aromatic nitrogens is 1. The van der Waals surface area contributed by atoms with Crippen LogP contribution in [-0.4, -0.2) is 53.4 Å². The van der Waals surface area contributed by atoms with Gasteiger partial charge < -0.3 is 4.90 Å². The van der Waals surface area contributed by atoms with Crippen molar-refractivity contribution in [2.24, 2.45) is 0 Å². The molecule has 23 heavy (non-hydrogen) atoms. The summed E-state index contributed by atoms with van der Waals surface area (Å²) in [4.78, 5) is 42.7. The molecule has 0 spiro atoms. The zero-order valence-corrected chi connectivity index (χ0v) is 13.9. The number of benzene rings is 1. The Morgan fingerprint density at radius 3 is 2.52 bits per heavy atom. The van der Waals surface area contributed by atoms with E-state index in [0.29, 0.717) is 0 Å². The number of nitrogens with zero attached hydrogens (tertiary/aromatic N) is 3. The Balaban J connectivity index is 1.77. The standard InChI is InChI=1S/C15H16N4O3S/c1-9(12-16-10-6-4-5-7-11(10)23-12)17(2)8-19-14(21)13(20)18(3)15(19)22/h4-7,9H,8H2,1-3H3/p+1/t9-/m0/s1. The van der Waals surface area contributed by atoms with Crippen LogP contribution in [0.25, 0.3) is 10.2 Å². The second-order valence-electron chi connectivity index (χ2n) is 5.63. The van der Waals surface area contributed by atoms with Gasteiger partial charge in [0.1, 0.15) is 6.04 Å². The van der Waals surface area contributed by atoms with E-state index in [4.69, 9.17) is 0 Å². The van der Waals surface area contributed by atoms with Crippen molar-refractivity contribution in [3.8, 4) is 0 Å². The molecule has 0 radical (unpaired) electrons. The molecule has 0 bridgehead atoms. The topological polar surface area (TPSA) is 75.0 Å². The first kappa shape index (κ1) is 15.6. The van der Waals surface area contributed by atoms with Crippen molar-refractivity contribution in [3.05, 3.63) is 29.3 Å². The number of hydrogen-bond donors (Lipinski definition) is 1. The number of para-hydroxylation sites is 1. The number of thiazole rings is 1. The number of likely N-dealkylation sites (N-methyl/N-ethyl adjacent to an activating group) is 1. The Bertz CT molecular complexity index is 770. The third-order valence-corrected chi connectivity index (χ3v) is 5.30. The summed E-state index contributed by atoms with van der Waals surface area (Å²) < 4.78 is 1.10. The summed E-state index contributed by atoms with van der Waals surface area (Å²) >= 11 is 1.60. The molecule has 4 amide bonds. The summed E-state index contributed by atoms with van der Waals surface area (Å²) in [6, 6.07) is 7.30. The van der Waals surface area contributed by atoms with Gasteiger partial charge in [0.2, 0.25) is 0 Å². The first-order chi connectivity index (χ1) is 10.9. The number of nitrogens with one attached hydrogen (secondary N) is 1. The third-order valence-electron chi connectivity index (χ3n) is 4.08. The molecule has 1 unspecified atom stereocenters. The predicted octanol–water partition coefficient (Wildman–Crippen LogP) is 0.250. The average Bonchev–Trinajstić information content (AvgIpc) is 3.06. The molecule has 1 N–H and O–H groups in total. The van der Waals surface area contributed by atoms with Gasteiger partial charge in [-0.3, -0.25) is 14.5 Å². The molecule has 2 aromatic rings. The Labute approximate surface area is 137 Å². The van der Waals surface area contributed by atoms with E-state index >= 15 is 0 Å². The molecule has 1 aliphatic rings. The second-order valence-corrected chi connectivity index (χ2v) is 6.69. The maximum absolute atomic E-state index is 11.9. The van der Waals surface area contributed by atoms with Crippen LogP contribution >= 0.6 is 11.3 Å². The first-order valence-corrected chi connectivity index (χ1v) is 8.03. The van der Waals surface area contributed by atoms with E-state index in [9.17, 15) is 14.4 Å². The number of urea groups is 1. The van der Waals surface area contributed by atoms with Crippen LogP contribution in [0.5, 0.6) is 0 Å². The Morgan fingerprint density at radius 1 is 1.22 bits per heavy atom. The minimum atomic E-state index is -0.782. The van der Waals surface area contributed by atoms with Crippen molar-refractivity contribution in [1.82, 2.24) is 14.8 Å². The van der Waals surface area contributed by atoms with Crippen molar-refractivity contribution < 1.29 is 19.3 Å². The smallest absolute Gasteiger partial charge is 0.312 e. The summed E-state index contributed by atoms with van der Waals surface area (Å²) in [6.45, 7) is 2.12. The van der Waals surface area contributed by atoms with Crippen molar-refractivity contribution in [3.63, 3.8) is 0 Å². The molecule has 3 rings (SSSR count). The SMILES string of the molecule is C[C@@H](c1nc2ccccc2s1)[NH+](C)CN1C(=O)C(=O)N(C)C1=O. The van der Waals surface area contributed by atoms with Crippen LogP contribution in [0.3, 0.4) is 0 Å². The second kappa shape index (κ2) is 5.71. The lowest BCUT2D eigenvalue weighted by atomic mass is 10.3. The summed E-state index contributed by atoms with van der Waals surface area (Å²) in [7, 11) is 3.19. The summed E-state index contributed by atoms with van der Waals surface area (Å²) in [5.41, 5.74) is 0.940. The van der Waals surface area contributed by atoms with E-state index in [1.54, 1.807) is 11.3 Å². The highest BCUT2D eigenvalue weighted by Crippen LogP contribution is 2.24. The largest absolute Gasteiger partial charge is 0.338 e. The number of carbonyl (C=O) groups excluding carboxylic acids is 3. The fourth-order valence-electron chi connectivity index (χ4n) is 2.43. The fraction of sp³-hybridized carbons (Fsp3) is 0.333. The fourth-order valence-corrected chi connectivity index (χ4v) is 3.54. The number of imide groups is 2. The molecule has 1 saturated heterocycles. The highest BCUT2D eigenvalue weighted by Gasteiger charge is 2.44. The van der Waals surface area contributed by atoms with Crippen molar-refractivity contribution in [2.45, 2.75) is 13.0 Å². The molecular weight excluding hydrogens is 316 g/mol. The van der Waals surface area contributed by atoms with Crippen LogP contribution in [-0.2, 0) is 9.59 Å². The summed E-state index contributed by atoms with van der Waals surface area (Å²) in [6.07, 6.45) is 0. The van der Waals surface area contributed by atoms with Gasteiger partial charge in [-0.25, -0.2) is 14.7 Å². The summed E-state index contributed by atoms with van der Waals surface area (Å²) in [5.74, 6) is -1.55. The number of amides is 4. The van der Waals surface area contributed by atoms with Gasteiger partial charge in [-0.1, -0.05) is 12.1 Å². The predicted molar refractivity (Wildman–Crippen MR) is 84.8 cm³/mol. The lowest BCUT2D eigenvalue weighted by Crippen LogP contribution is -3.10. The van der Waals surface area contributed by atoms with Crippen LogP contribution in [0.2, 0.25) is 0 Å². The molecule has 0 aliphatic carbocycles. The molecule has 1 fully saturated rings. The van der Waals surface area contributed by atoms with Crippen LogP contribution in [0.4, 0.5) is 4.79 Å². The number of rotatable bonds is 4. The van der Waals surface area contributed by atoms with Gasteiger partial charge in [0.25, 0.3) is 0 Å². The minimum Gasteiger partial charge on any atom is -0.312 e. The first-order valence-electron chi connectivity index (χ1n) is 7.21. The van der Waals surface area contributed by atoms with Gasteiger partial charge >= 0.3 is 17.8 Å². The molecule has 1 aromatic heterocycles. The molecule has 120 valence electrons. The number of carbonyl (C=O) groups is 3. The zero-order valence-electron chi connectivity index (χ0n) is 13.1. The average molecular weight is 333 g/mol. The van der Waals surface area contributed by atoms with Gasteiger partial charge in [0, 0.05) is 7.05 Å². The number of quaternary nitrogens is 1. The molecule has 7 nitrogen and oxygen atoms in total. The Kier molecular flexibility index (Phi) is 3.87. The highest BCUT2D eigenvalue weighted by molar-refractivity contribution is 7.18. The van der Waals surface area contributed by atoms with Crippen LogP contribution in [0.1, 0.15) is 18.0 Å². The molecular formula is C15H17N4O3S+. The molecule has 1 aromatic carbocycles. The molecule has 8 heteroatoms. The number of hydrogen-bond acceptors (Lipinski definition) is 5. The third kappa shape index (κ3) is 2.60. The molecule has 2 atom stereocenters. The zero-order chi connectivity index (χ0) is 16.7. The van der Waals surface area contributed by atoms with E-state index in [1.807, 2.05) is 38.2 Å². The van der Waals surface area contributed by atoms with Gasteiger partial charge in [-0.15, -0.1) is 11.3 Å². The lowest BCUT2D eigenvalue weighted by Gasteiger charge is -2.23. The highest BCUT2D eigenvalue weighted by atomic mass is 32.1. The van der Waals surface area contributed by atoms with Crippen LogP contribution < -0.4 is 4.90 Å². The van der Waals surface area contributed by atoms with Crippen molar-refractivity contribution in [2.75, 3.05) is 20.8 Å². The van der Waals surface area contributed by atoms with Gasteiger partial charge in [-0.05, 0) is 19.1 Å². The van der Waals surface area contributed by atoms with E-state index in [1.165, 1.54) is 7.05 Å². The molecule has 2 heterocycles. The van der Waals surface area contributed by atoms with Crippen LogP contribution in [0.15, 0.2) is 24.3 Å². The Hall–Kier alpha value is -2.32. The normalized spacial score (nSPS) is 18.1. The number of fused-ring (bicyclic) bond motifs is 1. The maximum atomic E-state index is 11.9. The van der Waals surface area contributed by atoms with E-state index in [0.717, 1.165) is 29.9 Å².